The second-order valence-corrected chi connectivity index (χ2v) is 6.08. The van der Waals surface area contributed by atoms with Gasteiger partial charge in [0.1, 0.15) is 0 Å². The van der Waals surface area contributed by atoms with E-state index in [0.29, 0.717) is 0 Å². The molecule has 0 atom stereocenters. The van der Waals surface area contributed by atoms with Gasteiger partial charge >= 0.3 is 0 Å². The van der Waals surface area contributed by atoms with E-state index in [4.69, 9.17) is 10.7 Å². The third kappa shape index (κ3) is 3.97. The van der Waals surface area contributed by atoms with Crippen molar-refractivity contribution in [2.75, 3.05) is 5.75 Å². The number of rotatable bonds is 4. The Labute approximate surface area is 72.4 Å². The van der Waals surface area contributed by atoms with Crippen LogP contribution in [0.25, 0.3) is 0 Å². The molecule has 1 saturated carbocycles. The van der Waals surface area contributed by atoms with Crippen LogP contribution in [0.1, 0.15) is 32.1 Å². The molecule has 1 fully saturated rings. The highest BCUT2D eigenvalue weighted by Crippen LogP contribution is 2.30. The van der Waals surface area contributed by atoms with E-state index in [2.05, 4.69) is 0 Å². The molecule has 0 bridgehead atoms. The molecule has 0 aromatic heterocycles. The van der Waals surface area contributed by atoms with Gasteiger partial charge < -0.3 is 0 Å². The molecule has 0 N–H and O–H groups in total. The summed E-state index contributed by atoms with van der Waals surface area (Å²) in [6.07, 6.45) is 5.64. The second-order valence-electron chi connectivity index (χ2n) is 3.18. The molecule has 0 heterocycles. The van der Waals surface area contributed by atoms with Crippen molar-refractivity contribution in [2.45, 2.75) is 32.1 Å². The maximum atomic E-state index is 10.5. The largest absolute Gasteiger partial charge is 0.232 e. The van der Waals surface area contributed by atoms with Crippen LogP contribution in [0.5, 0.6) is 0 Å². The molecule has 0 aromatic rings. The van der Waals surface area contributed by atoms with Crippen LogP contribution in [-0.2, 0) is 9.05 Å². The summed E-state index contributed by atoms with van der Waals surface area (Å²) in [6, 6.07) is 0. The first kappa shape index (κ1) is 9.33. The average molecular weight is 197 g/mol. The predicted molar refractivity (Wildman–Crippen MR) is 46.2 cm³/mol. The summed E-state index contributed by atoms with van der Waals surface area (Å²) in [6.45, 7) is 0. The Morgan fingerprint density at radius 1 is 1.36 bits per heavy atom. The molecule has 4 heteroatoms. The third-order valence-electron chi connectivity index (χ3n) is 2.23. The number of halogens is 1. The Balaban J connectivity index is 2.04. The van der Waals surface area contributed by atoms with Crippen LogP contribution in [0.15, 0.2) is 0 Å². The van der Waals surface area contributed by atoms with Crippen LogP contribution >= 0.6 is 10.7 Å². The summed E-state index contributed by atoms with van der Waals surface area (Å²) in [4.78, 5) is 0. The molecular weight excluding hydrogens is 184 g/mol. The fourth-order valence-corrected chi connectivity index (χ4v) is 2.16. The van der Waals surface area contributed by atoms with Gasteiger partial charge in [-0.1, -0.05) is 19.3 Å². The third-order valence-corrected chi connectivity index (χ3v) is 3.46. The minimum absolute atomic E-state index is 0.144. The maximum Gasteiger partial charge on any atom is 0.232 e. The molecule has 0 saturated heterocycles. The Bertz CT molecular complexity index is 206. The van der Waals surface area contributed by atoms with E-state index in [1.54, 1.807) is 0 Å². The lowest BCUT2D eigenvalue weighted by Crippen LogP contribution is -2.12. The Hall–Kier alpha value is 0.240. The lowest BCUT2D eigenvalue weighted by Gasteiger charge is -2.24. The van der Waals surface area contributed by atoms with Crippen molar-refractivity contribution in [3.63, 3.8) is 0 Å². The molecule has 11 heavy (non-hydrogen) atoms. The molecular formula is C7H13ClO2S. The molecule has 0 aromatic carbocycles. The molecule has 0 aliphatic heterocycles. The van der Waals surface area contributed by atoms with Crippen molar-refractivity contribution < 1.29 is 8.42 Å². The molecule has 1 rings (SSSR count). The van der Waals surface area contributed by atoms with Gasteiger partial charge in [0.2, 0.25) is 9.05 Å². The zero-order chi connectivity index (χ0) is 8.32. The minimum atomic E-state index is -3.23. The quantitative estimate of drug-likeness (QED) is 0.646. The smallest absolute Gasteiger partial charge is 0.212 e. The second kappa shape index (κ2) is 3.76. The molecule has 66 valence electrons. The summed E-state index contributed by atoms with van der Waals surface area (Å²) in [5.41, 5.74) is 0. The Morgan fingerprint density at radius 3 is 2.36 bits per heavy atom. The SMILES string of the molecule is O=S(=O)(Cl)CCCC1CCC1. The summed E-state index contributed by atoms with van der Waals surface area (Å²) >= 11 is 0. The van der Waals surface area contributed by atoms with Gasteiger partial charge in [-0.15, -0.1) is 0 Å². The first-order chi connectivity index (χ1) is 5.08. The first-order valence-electron chi connectivity index (χ1n) is 4.00. The van der Waals surface area contributed by atoms with Crippen molar-refractivity contribution in [1.82, 2.24) is 0 Å². The molecule has 0 spiro atoms. The lowest BCUT2D eigenvalue weighted by molar-refractivity contribution is 0.294. The highest BCUT2D eigenvalue weighted by molar-refractivity contribution is 8.13. The van der Waals surface area contributed by atoms with E-state index in [-0.39, 0.29) is 5.75 Å². The summed E-state index contributed by atoms with van der Waals surface area (Å²) in [5.74, 6) is 0.929. The van der Waals surface area contributed by atoms with Crippen molar-refractivity contribution in [1.29, 1.82) is 0 Å². The Kier molecular flexibility index (Phi) is 3.19. The van der Waals surface area contributed by atoms with Gasteiger partial charge in [0, 0.05) is 10.7 Å². The predicted octanol–water partition coefficient (Wildman–Crippen LogP) is 2.14. The van der Waals surface area contributed by atoms with Gasteiger partial charge in [-0.3, -0.25) is 0 Å². The van der Waals surface area contributed by atoms with E-state index in [1.165, 1.54) is 19.3 Å². The Morgan fingerprint density at radius 2 is 2.00 bits per heavy atom. The van der Waals surface area contributed by atoms with Crippen LogP contribution < -0.4 is 0 Å². The zero-order valence-corrected chi connectivity index (χ0v) is 8.00. The van der Waals surface area contributed by atoms with E-state index < -0.39 is 9.05 Å². The van der Waals surface area contributed by atoms with Gasteiger partial charge in [0.25, 0.3) is 0 Å². The fourth-order valence-electron chi connectivity index (χ4n) is 1.33. The van der Waals surface area contributed by atoms with Crippen LogP contribution in [0.2, 0.25) is 0 Å². The van der Waals surface area contributed by atoms with Gasteiger partial charge in [0.15, 0.2) is 0 Å². The van der Waals surface area contributed by atoms with Crippen molar-refractivity contribution >= 4 is 19.7 Å². The van der Waals surface area contributed by atoms with Crippen LogP contribution in [0, 0.1) is 5.92 Å². The first-order valence-corrected chi connectivity index (χ1v) is 6.48. The van der Waals surface area contributed by atoms with Gasteiger partial charge in [-0.05, 0) is 18.8 Å². The van der Waals surface area contributed by atoms with E-state index >= 15 is 0 Å². The molecule has 0 radical (unpaired) electrons. The highest BCUT2D eigenvalue weighted by Gasteiger charge is 2.17. The molecule has 2 nitrogen and oxygen atoms in total. The van der Waals surface area contributed by atoms with Gasteiger partial charge in [-0.2, -0.15) is 0 Å². The number of hydrogen-bond donors (Lipinski definition) is 0. The lowest BCUT2D eigenvalue weighted by atomic mass is 9.82. The van der Waals surface area contributed by atoms with Crippen LogP contribution in [0.3, 0.4) is 0 Å². The summed E-state index contributed by atoms with van der Waals surface area (Å²) in [7, 11) is 1.82. The highest BCUT2D eigenvalue weighted by atomic mass is 35.7. The summed E-state index contributed by atoms with van der Waals surface area (Å²) < 4.78 is 21.0. The fraction of sp³-hybridized carbons (Fsp3) is 1.00. The zero-order valence-electron chi connectivity index (χ0n) is 6.42. The van der Waals surface area contributed by atoms with Crippen LogP contribution in [-0.4, -0.2) is 14.2 Å². The van der Waals surface area contributed by atoms with E-state index in [1.807, 2.05) is 0 Å². The molecule has 0 unspecified atom stereocenters. The number of hydrogen-bond acceptors (Lipinski definition) is 2. The van der Waals surface area contributed by atoms with Crippen LogP contribution in [0.4, 0.5) is 0 Å². The normalized spacial score (nSPS) is 19.7. The van der Waals surface area contributed by atoms with Crippen molar-refractivity contribution in [3.8, 4) is 0 Å². The van der Waals surface area contributed by atoms with Gasteiger partial charge in [0.05, 0.1) is 5.75 Å². The molecule has 1 aliphatic rings. The summed E-state index contributed by atoms with van der Waals surface area (Å²) in [5, 5.41) is 0. The van der Waals surface area contributed by atoms with E-state index in [0.717, 1.165) is 18.8 Å². The minimum Gasteiger partial charge on any atom is -0.212 e. The molecule has 1 aliphatic carbocycles. The van der Waals surface area contributed by atoms with Gasteiger partial charge in [-0.25, -0.2) is 8.42 Å². The average Bonchev–Trinajstić information content (AvgIpc) is 1.73. The molecule has 0 amide bonds. The van der Waals surface area contributed by atoms with Crippen molar-refractivity contribution in [3.05, 3.63) is 0 Å². The topological polar surface area (TPSA) is 34.1 Å². The van der Waals surface area contributed by atoms with E-state index in [9.17, 15) is 8.42 Å². The maximum absolute atomic E-state index is 10.5. The standard InChI is InChI=1S/C7H13ClO2S/c8-11(9,10)6-2-5-7-3-1-4-7/h7H,1-6H2. The monoisotopic (exact) mass is 196 g/mol. The van der Waals surface area contributed by atoms with Crippen molar-refractivity contribution in [2.24, 2.45) is 5.92 Å².